The molecule has 4 rings (SSSR count). The van der Waals surface area contributed by atoms with Crippen molar-refractivity contribution in [1.29, 1.82) is 0 Å². The number of carbonyl (C=O) groups excluding carboxylic acids is 1. The summed E-state index contributed by atoms with van der Waals surface area (Å²) in [5, 5.41) is 0. The van der Waals surface area contributed by atoms with Crippen molar-refractivity contribution in [3.8, 4) is 17.1 Å². The van der Waals surface area contributed by atoms with Gasteiger partial charge in [0.1, 0.15) is 11.6 Å². The number of amides is 1. The fourth-order valence-corrected chi connectivity index (χ4v) is 4.33. The molecule has 1 aliphatic rings. The molecule has 0 N–H and O–H groups in total. The quantitative estimate of drug-likeness (QED) is 0.549. The second-order valence-corrected chi connectivity index (χ2v) is 8.92. The van der Waals surface area contributed by atoms with Crippen molar-refractivity contribution in [2.75, 3.05) is 13.7 Å². The number of hydrogen-bond donors (Lipinski definition) is 0. The third-order valence-electron chi connectivity index (χ3n) is 6.07. The van der Waals surface area contributed by atoms with Crippen LogP contribution in [0.25, 0.3) is 11.4 Å². The van der Waals surface area contributed by atoms with E-state index in [1.807, 2.05) is 56.3 Å². The summed E-state index contributed by atoms with van der Waals surface area (Å²) in [4.78, 5) is 33.2. The minimum Gasteiger partial charge on any atom is -0.496 e. The molecule has 0 saturated heterocycles. The maximum atomic E-state index is 13.8. The normalized spacial score (nSPS) is 13.2. The first-order chi connectivity index (χ1) is 16.0. The topological polar surface area (TPSA) is 64.4 Å². The summed E-state index contributed by atoms with van der Waals surface area (Å²) in [5.74, 6) is 1.68. The van der Waals surface area contributed by atoms with Gasteiger partial charge in [0.25, 0.3) is 5.56 Å². The highest BCUT2D eigenvalue weighted by Gasteiger charge is 2.27. The monoisotopic (exact) mass is 445 g/mol. The molecule has 0 radical (unpaired) electrons. The zero-order valence-electron chi connectivity index (χ0n) is 19.6. The van der Waals surface area contributed by atoms with Crippen LogP contribution in [-0.2, 0) is 30.7 Å². The van der Waals surface area contributed by atoms with E-state index in [-0.39, 0.29) is 17.4 Å². The molecule has 1 aromatic heterocycles. The van der Waals surface area contributed by atoms with Gasteiger partial charge < -0.3 is 9.64 Å². The number of aromatic nitrogens is 2. The molecule has 0 saturated carbocycles. The first-order valence-electron chi connectivity index (χ1n) is 11.6. The third kappa shape index (κ3) is 5.00. The second kappa shape index (κ2) is 10.0. The predicted molar refractivity (Wildman–Crippen MR) is 129 cm³/mol. The highest BCUT2D eigenvalue weighted by atomic mass is 16.5. The van der Waals surface area contributed by atoms with Crippen molar-refractivity contribution in [2.24, 2.45) is 5.92 Å². The van der Waals surface area contributed by atoms with Crippen LogP contribution in [0.2, 0.25) is 0 Å². The summed E-state index contributed by atoms with van der Waals surface area (Å²) in [5.41, 5.74) is 3.29. The number of hydrogen-bond acceptors (Lipinski definition) is 4. The van der Waals surface area contributed by atoms with E-state index in [1.165, 1.54) is 0 Å². The lowest BCUT2D eigenvalue weighted by Crippen LogP contribution is -2.41. The Balaban J connectivity index is 1.76. The number of benzene rings is 2. The van der Waals surface area contributed by atoms with Crippen molar-refractivity contribution < 1.29 is 9.53 Å². The Kier molecular flexibility index (Phi) is 6.92. The lowest BCUT2D eigenvalue weighted by Gasteiger charge is -2.29. The van der Waals surface area contributed by atoms with Crippen molar-refractivity contribution >= 4 is 5.91 Å². The average Bonchev–Trinajstić information content (AvgIpc) is 2.83. The Hall–Kier alpha value is -3.41. The van der Waals surface area contributed by atoms with E-state index >= 15 is 0 Å². The highest BCUT2D eigenvalue weighted by molar-refractivity contribution is 5.76. The van der Waals surface area contributed by atoms with Crippen molar-refractivity contribution in [3.05, 3.63) is 81.8 Å². The van der Waals surface area contributed by atoms with E-state index in [0.717, 1.165) is 16.8 Å². The van der Waals surface area contributed by atoms with E-state index in [2.05, 4.69) is 12.1 Å². The summed E-state index contributed by atoms with van der Waals surface area (Å²) < 4.78 is 7.33. The molecule has 6 heteroatoms. The van der Waals surface area contributed by atoms with Crippen LogP contribution in [0, 0.1) is 5.92 Å². The molecule has 0 unspecified atom stereocenters. The Morgan fingerprint density at radius 2 is 1.82 bits per heavy atom. The summed E-state index contributed by atoms with van der Waals surface area (Å²) in [7, 11) is 1.63. The van der Waals surface area contributed by atoms with Crippen LogP contribution in [0.4, 0.5) is 0 Å². The van der Waals surface area contributed by atoms with E-state index in [9.17, 15) is 9.59 Å². The Morgan fingerprint density at radius 1 is 1.09 bits per heavy atom. The molecule has 0 bridgehead atoms. The SMILES string of the molecule is COc1ccccc1-c1nc2c(c(=O)n1CCc1ccccc1)CN(C(=O)CC(C)C)CC2. The maximum Gasteiger partial charge on any atom is 0.259 e. The minimum absolute atomic E-state index is 0.0705. The van der Waals surface area contributed by atoms with Crippen molar-refractivity contribution in [2.45, 2.75) is 46.2 Å². The van der Waals surface area contributed by atoms with Crippen LogP contribution in [0.1, 0.15) is 37.1 Å². The summed E-state index contributed by atoms with van der Waals surface area (Å²) in [6.07, 6.45) is 1.78. The van der Waals surface area contributed by atoms with Gasteiger partial charge in [-0.3, -0.25) is 14.2 Å². The smallest absolute Gasteiger partial charge is 0.259 e. The summed E-state index contributed by atoms with van der Waals surface area (Å²) in [6.45, 7) is 5.48. The van der Waals surface area contributed by atoms with E-state index in [4.69, 9.17) is 9.72 Å². The highest BCUT2D eigenvalue weighted by Crippen LogP contribution is 2.29. The lowest BCUT2D eigenvalue weighted by molar-refractivity contribution is -0.132. The zero-order valence-corrected chi connectivity index (χ0v) is 19.6. The summed E-state index contributed by atoms with van der Waals surface area (Å²) >= 11 is 0. The molecule has 33 heavy (non-hydrogen) atoms. The molecule has 3 aromatic rings. The Bertz CT molecular complexity index is 1180. The maximum absolute atomic E-state index is 13.8. The molecule has 0 aliphatic carbocycles. The molecule has 1 amide bonds. The average molecular weight is 446 g/mol. The van der Waals surface area contributed by atoms with Crippen molar-refractivity contribution in [1.82, 2.24) is 14.5 Å². The predicted octanol–water partition coefficient (Wildman–Crippen LogP) is 4.09. The van der Waals surface area contributed by atoms with Crippen LogP contribution in [-0.4, -0.2) is 34.0 Å². The molecule has 0 fully saturated rings. The van der Waals surface area contributed by atoms with Gasteiger partial charge >= 0.3 is 0 Å². The minimum atomic E-state index is -0.0705. The van der Waals surface area contributed by atoms with Gasteiger partial charge in [-0.15, -0.1) is 0 Å². The number of fused-ring (bicyclic) bond motifs is 1. The molecular formula is C27H31N3O3. The van der Waals surface area contributed by atoms with E-state index in [0.29, 0.717) is 56.0 Å². The fourth-order valence-electron chi connectivity index (χ4n) is 4.33. The van der Waals surface area contributed by atoms with Gasteiger partial charge in [-0.1, -0.05) is 56.3 Å². The number of para-hydroxylation sites is 1. The van der Waals surface area contributed by atoms with Gasteiger partial charge in [-0.2, -0.15) is 0 Å². The molecule has 6 nitrogen and oxygen atoms in total. The van der Waals surface area contributed by atoms with Crippen LogP contribution in [0.3, 0.4) is 0 Å². The van der Waals surface area contributed by atoms with Crippen LogP contribution in [0.5, 0.6) is 5.75 Å². The third-order valence-corrected chi connectivity index (χ3v) is 6.07. The van der Waals surface area contributed by atoms with Crippen LogP contribution in [0.15, 0.2) is 59.4 Å². The van der Waals surface area contributed by atoms with Gasteiger partial charge in [-0.05, 0) is 30.0 Å². The molecule has 0 atom stereocenters. The van der Waals surface area contributed by atoms with Gasteiger partial charge in [0.05, 0.1) is 30.5 Å². The van der Waals surface area contributed by atoms with Gasteiger partial charge in [0.15, 0.2) is 0 Å². The Morgan fingerprint density at radius 3 is 2.55 bits per heavy atom. The number of ether oxygens (including phenoxy) is 1. The Labute approximate surface area is 194 Å². The van der Waals surface area contributed by atoms with Gasteiger partial charge in [-0.25, -0.2) is 4.98 Å². The number of carbonyl (C=O) groups is 1. The second-order valence-electron chi connectivity index (χ2n) is 8.92. The molecule has 1 aliphatic heterocycles. The number of aryl methyl sites for hydroxylation is 1. The molecule has 2 heterocycles. The molecule has 0 spiro atoms. The van der Waals surface area contributed by atoms with Gasteiger partial charge in [0.2, 0.25) is 5.91 Å². The van der Waals surface area contributed by atoms with Crippen LogP contribution < -0.4 is 10.3 Å². The summed E-state index contributed by atoms with van der Waals surface area (Å²) in [6, 6.07) is 17.8. The zero-order chi connectivity index (χ0) is 23.4. The standard InChI is InChI=1S/C27H31N3O3/c1-19(2)17-25(31)29-15-14-23-22(18-29)27(32)30(16-13-20-9-5-4-6-10-20)26(28-23)21-11-7-8-12-24(21)33-3/h4-12,19H,13-18H2,1-3H3. The molecular weight excluding hydrogens is 414 g/mol. The van der Waals surface area contributed by atoms with Crippen LogP contribution >= 0.6 is 0 Å². The number of rotatable bonds is 7. The number of nitrogens with zero attached hydrogens (tertiary/aromatic N) is 3. The lowest BCUT2D eigenvalue weighted by atomic mass is 10.0. The number of methoxy groups -OCH3 is 1. The van der Waals surface area contributed by atoms with E-state index < -0.39 is 0 Å². The molecule has 2 aromatic carbocycles. The van der Waals surface area contributed by atoms with Gasteiger partial charge in [0, 0.05) is 25.9 Å². The van der Waals surface area contributed by atoms with E-state index in [1.54, 1.807) is 16.6 Å². The van der Waals surface area contributed by atoms with Crippen molar-refractivity contribution in [3.63, 3.8) is 0 Å². The fraction of sp³-hybridized carbons (Fsp3) is 0.370. The molecule has 172 valence electrons. The first-order valence-corrected chi connectivity index (χ1v) is 11.6. The first kappa shape index (κ1) is 22.8. The largest absolute Gasteiger partial charge is 0.496 e.